The van der Waals surface area contributed by atoms with Crippen molar-refractivity contribution in [3.63, 3.8) is 0 Å². The van der Waals surface area contributed by atoms with Crippen LogP contribution in [0.4, 0.5) is 5.69 Å². The Hall–Kier alpha value is -1.32. The number of rotatable bonds is 4. The first kappa shape index (κ1) is 13.4. The molecule has 1 fully saturated rings. The van der Waals surface area contributed by atoms with E-state index in [2.05, 4.69) is 68.6 Å². The fourth-order valence-electron chi connectivity index (χ4n) is 3.05. The highest BCUT2D eigenvalue weighted by molar-refractivity contribution is 9.10. The lowest BCUT2D eigenvalue weighted by Crippen LogP contribution is -2.21. The second kappa shape index (κ2) is 5.47. The molecule has 1 aliphatic heterocycles. The summed E-state index contributed by atoms with van der Waals surface area (Å²) in [4.78, 5) is 2.49. The number of halogens is 1. The second-order valence-corrected chi connectivity index (χ2v) is 6.97. The predicted molar refractivity (Wildman–Crippen MR) is 90.3 cm³/mol. The maximum atomic E-state index is 3.64. The maximum Gasteiger partial charge on any atom is 0.0436 e. The lowest BCUT2D eigenvalue weighted by molar-refractivity contribution is 0.684. The zero-order valence-corrected chi connectivity index (χ0v) is 13.6. The van der Waals surface area contributed by atoms with E-state index < -0.39 is 0 Å². The molecule has 1 saturated carbocycles. The van der Waals surface area contributed by atoms with Crippen LogP contribution in [0.15, 0.2) is 46.9 Å². The van der Waals surface area contributed by atoms with Crippen molar-refractivity contribution < 1.29 is 0 Å². The number of benzene rings is 2. The van der Waals surface area contributed by atoms with Crippen LogP contribution in [0.3, 0.4) is 0 Å². The number of hydrogen-bond acceptors (Lipinski definition) is 2. The van der Waals surface area contributed by atoms with Crippen molar-refractivity contribution in [3.8, 4) is 0 Å². The smallest absolute Gasteiger partial charge is 0.0436 e. The molecular formula is C18H19BrN2. The summed E-state index contributed by atoms with van der Waals surface area (Å²) in [6.07, 6.45) is 2.66. The third kappa shape index (κ3) is 2.85. The molecule has 2 nitrogen and oxygen atoms in total. The molecule has 4 rings (SSSR count). The van der Waals surface area contributed by atoms with Gasteiger partial charge in [-0.15, -0.1) is 0 Å². The van der Waals surface area contributed by atoms with Crippen molar-refractivity contribution in [1.29, 1.82) is 0 Å². The zero-order chi connectivity index (χ0) is 14.2. The molecule has 0 radical (unpaired) electrons. The van der Waals surface area contributed by atoms with Gasteiger partial charge in [-0.05, 0) is 47.7 Å². The molecule has 0 saturated heterocycles. The van der Waals surface area contributed by atoms with Gasteiger partial charge in [-0.1, -0.05) is 40.2 Å². The zero-order valence-electron chi connectivity index (χ0n) is 12.0. The molecule has 2 aliphatic rings. The summed E-state index contributed by atoms with van der Waals surface area (Å²) in [7, 11) is 0. The second-order valence-electron chi connectivity index (χ2n) is 6.05. The lowest BCUT2D eigenvalue weighted by Gasteiger charge is -2.22. The Labute approximate surface area is 134 Å². The molecule has 21 heavy (non-hydrogen) atoms. The Morgan fingerprint density at radius 2 is 1.76 bits per heavy atom. The average molecular weight is 343 g/mol. The van der Waals surface area contributed by atoms with Gasteiger partial charge >= 0.3 is 0 Å². The molecule has 0 unspecified atom stereocenters. The Morgan fingerprint density at radius 1 is 1.05 bits per heavy atom. The van der Waals surface area contributed by atoms with E-state index >= 15 is 0 Å². The molecule has 3 heteroatoms. The summed E-state index contributed by atoms with van der Waals surface area (Å²) in [5, 5.41) is 3.64. The molecule has 0 spiro atoms. The van der Waals surface area contributed by atoms with Crippen LogP contribution in [0.2, 0.25) is 0 Å². The molecule has 2 aromatic rings. The highest BCUT2D eigenvalue weighted by atomic mass is 79.9. The van der Waals surface area contributed by atoms with Crippen LogP contribution in [-0.2, 0) is 19.6 Å². The molecule has 1 N–H and O–H groups in total. The van der Waals surface area contributed by atoms with Crippen LogP contribution in [0.5, 0.6) is 0 Å². The minimum Gasteiger partial charge on any atom is -0.363 e. The van der Waals surface area contributed by atoms with Crippen molar-refractivity contribution >= 4 is 21.6 Å². The van der Waals surface area contributed by atoms with E-state index in [0.29, 0.717) is 0 Å². The first-order valence-electron chi connectivity index (χ1n) is 7.63. The van der Waals surface area contributed by atoms with E-state index in [1.165, 1.54) is 35.2 Å². The van der Waals surface area contributed by atoms with Crippen LogP contribution in [0, 0.1) is 0 Å². The first-order chi connectivity index (χ1) is 10.3. The molecule has 0 aromatic heterocycles. The fourth-order valence-corrected chi connectivity index (χ4v) is 3.46. The van der Waals surface area contributed by atoms with Crippen molar-refractivity contribution in [1.82, 2.24) is 5.32 Å². The van der Waals surface area contributed by atoms with Gasteiger partial charge in [0.25, 0.3) is 0 Å². The van der Waals surface area contributed by atoms with Crippen molar-refractivity contribution in [2.45, 2.75) is 38.5 Å². The molecule has 1 aliphatic carbocycles. The Kier molecular flexibility index (Phi) is 3.48. The minimum atomic E-state index is 0.743. The van der Waals surface area contributed by atoms with E-state index in [1.807, 2.05) is 0 Å². The summed E-state index contributed by atoms with van der Waals surface area (Å²) in [5.74, 6) is 0. The van der Waals surface area contributed by atoms with Crippen LogP contribution >= 0.6 is 15.9 Å². The Balaban J connectivity index is 1.59. The molecule has 1 heterocycles. The van der Waals surface area contributed by atoms with Crippen molar-refractivity contribution in [2.24, 2.45) is 0 Å². The van der Waals surface area contributed by atoms with Crippen LogP contribution in [0.25, 0.3) is 0 Å². The summed E-state index contributed by atoms with van der Waals surface area (Å²) in [6, 6.07) is 16.2. The summed E-state index contributed by atoms with van der Waals surface area (Å²) < 4.78 is 1.16. The van der Waals surface area contributed by atoms with E-state index in [1.54, 1.807) is 0 Å². The van der Waals surface area contributed by atoms with Gasteiger partial charge in [-0.3, -0.25) is 0 Å². The van der Waals surface area contributed by atoms with Crippen LogP contribution in [-0.4, -0.2) is 6.04 Å². The van der Waals surface area contributed by atoms with E-state index in [9.17, 15) is 0 Å². The highest BCUT2D eigenvalue weighted by Gasteiger charge is 2.23. The van der Waals surface area contributed by atoms with Gasteiger partial charge in [0.15, 0.2) is 0 Å². The topological polar surface area (TPSA) is 15.3 Å². The molecular weight excluding hydrogens is 324 g/mol. The standard InChI is InChI=1S/C18H19BrN2/c19-16-5-8-18(15(9-16)10-20-17-6-7-17)21-11-13-3-1-2-4-14(13)12-21/h1-5,8-9,17,20H,6-7,10-12H2. The van der Waals surface area contributed by atoms with Gasteiger partial charge in [0.2, 0.25) is 0 Å². The minimum absolute atomic E-state index is 0.743. The normalized spacial score (nSPS) is 17.1. The fraction of sp³-hybridized carbons (Fsp3) is 0.333. The van der Waals surface area contributed by atoms with Gasteiger partial charge in [-0.25, -0.2) is 0 Å². The Bertz CT molecular complexity index is 639. The number of nitrogens with one attached hydrogen (secondary N) is 1. The molecule has 108 valence electrons. The van der Waals surface area contributed by atoms with Crippen molar-refractivity contribution in [2.75, 3.05) is 4.90 Å². The van der Waals surface area contributed by atoms with E-state index in [-0.39, 0.29) is 0 Å². The van der Waals surface area contributed by atoms with E-state index in [0.717, 1.165) is 30.1 Å². The largest absolute Gasteiger partial charge is 0.363 e. The summed E-state index contributed by atoms with van der Waals surface area (Å²) in [6.45, 7) is 3.01. The van der Waals surface area contributed by atoms with Crippen LogP contribution in [0.1, 0.15) is 29.5 Å². The number of anilines is 1. The number of nitrogens with zero attached hydrogens (tertiary/aromatic N) is 1. The quantitative estimate of drug-likeness (QED) is 0.894. The van der Waals surface area contributed by atoms with E-state index in [4.69, 9.17) is 0 Å². The summed E-state index contributed by atoms with van der Waals surface area (Å²) in [5.41, 5.74) is 5.68. The molecule has 0 bridgehead atoms. The van der Waals surface area contributed by atoms with Gasteiger partial charge in [0.1, 0.15) is 0 Å². The maximum absolute atomic E-state index is 3.64. The third-order valence-corrected chi connectivity index (χ3v) is 4.87. The SMILES string of the molecule is Brc1ccc(N2Cc3ccccc3C2)c(CNC2CC2)c1. The average Bonchev–Trinajstić information content (AvgIpc) is 3.22. The van der Waals surface area contributed by atoms with Gasteiger partial charge in [0, 0.05) is 35.8 Å². The number of hydrogen-bond donors (Lipinski definition) is 1. The van der Waals surface area contributed by atoms with Gasteiger partial charge < -0.3 is 10.2 Å². The Morgan fingerprint density at radius 3 is 2.43 bits per heavy atom. The lowest BCUT2D eigenvalue weighted by atomic mass is 10.1. The first-order valence-corrected chi connectivity index (χ1v) is 8.42. The molecule has 0 amide bonds. The van der Waals surface area contributed by atoms with Gasteiger partial charge in [0.05, 0.1) is 0 Å². The number of fused-ring (bicyclic) bond motifs is 1. The molecule has 2 aromatic carbocycles. The third-order valence-electron chi connectivity index (χ3n) is 4.38. The molecule has 0 atom stereocenters. The monoisotopic (exact) mass is 342 g/mol. The van der Waals surface area contributed by atoms with Gasteiger partial charge in [-0.2, -0.15) is 0 Å². The predicted octanol–water partition coefficient (Wildman–Crippen LogP) is 4.22. The van der Waals surface area contributed by atoms with Crippen LogP contribution < -0.4 is 10.2 Å². The highest BCUT2D eigenvalue weighted by Crippen LogP contribution is 2.32. The summed E-state index contributed by atoms with van der Waals surface area (Å²) >= 11 is 3.61. The van der Waals surface area contributed by atoms with Crippen molar-refractivity contribution in [3.05, 3.63) is 63.6 Å².